The molecule has 1 unspecified atom stereocenters. The van der Waals surface area contributed by atoms with E-state index in [0.29, 0.717) is 6.54 Å². The maximum Gasteiger partial charge on any atom is 0.0549 e. The van der Waals surface area contributed by atoms with Gasteiger partial charge in [-0.15, -0.1) is 0 Å². The second-order valence-corrected chi connectivity index (χ2v) is 7.04. The van der Waals surface area contributed by atoms with Crippen molar-refractivity contribution in [3.63, 3.8) is 0 Å². The minimum absolute atomic E-state index is 0.0136. The van der Waals surface area contributed by atoms with Gasteiger partial charge in [0, 0.05) is 16.7 Å². The van der Waals surface area contributed by atoms with E-state index in [2.05, 4.69) is 35.1 Å². The Morgan fingerprint density at radius 1 is 1.39 bits per heavy atom. The molecule has 0 heterocycles. The molecule has 0 saturated heterocycles. The first kappa shape index (κ1) is 14.2. The predicted octanol–water partition coefficient (Wildman–Crippen LogP) is 4.42. The first-order valence-electron chi connectivity index (χ1n) is 6.33. The number of rotatable bonds is 3. The normalized spacial score (nSPS) is 26.3. The van der Waals surface area contributed by atoms with E-state index >= 15 is 0 Å². The number of benzene rings is 1. The second-order valence-electron chi connectivity index (χ2n) is 5.78. The fourth-order valence-electron chi connectivity index (χ4n) is 2.92. The van der Waals surface area contributed by atoms with Crippen molar-refractivity contribution in [3.05, 3.63) is 27.7 Å². The van der Waals surface area contributed by atoms with Gasteiger partial charge in [-0.25, -0.2) is 0 Å². The van der Waals surface area contributed by atoms with Crippen LogP contribution in [0.5, 0.6) is 0 Å². The molecule has 4 heteroatoms. The zero-order chi connectivity index (χ0) is 13.4. The fourth-order valence-corrected chi connectivity index (χ4v) is 3.42. The van der Waals surface area contributed by atoms with Crippen molar-refractivity contribution in [3.8, 4) is 0 Å². The first-order chi connectivity index (χ1) is 8.40. The zero-order valence-electron chi connectivity index (χ0n) is 10.9. The van der Waals surface area contributed by atoms with E-state index in [0.717, 1.165) is 21.6 Å². The third kappa shape index (κ3) is 2.40. The van der Waals surface area contributed by atoms with Gasteiger partial charge >= 0.3 is 0 Å². The van der Waals surface area contributed by atoms with E-state index in [-0.39, 0.29) is 11.0 Å². The van der Waals surface area contributed by atoms with E-state index in [1.165, 1.54) is 12.8 Å². The van der Waals surface area contributed by atoms with E-state index in [4.69, 9.17) is 17.3 Å². The summed E-state index contributed by atoms with van der Waals surface area (Å²) in [7, 11) is 0. The third-order valence-electron chi connectivity index (χ3n) is 4.35. The molecule has 1 aromatic carbocycles. The third-order valence-corrected chi connectivity index (χ3v) is 5.57. The van der Waals surface area contributed by atoms with Gasteiger partial charge in [0.05, 0.1) is 10.6 Å². The summed E-state index contributed by atoms with van der Waals surface area (Å²) in [6.45, 7) is 5.25. The van der Waals surface area contributed by atoms with Crippen LogP contribution in [0.25, 0.3) is 0 Å². The molecule has 1 saturated carbocycles. The molecule has 0 bridgehead atoms. The molecular weight excluding hydrogens is 312 g/mol. The van der Waals surface area contributed by atoms with Crippen LogP contribution in [0.15, 0.2) is 22.7 Å². The van der Waals surface area contributed by atoms with Crippen molar-refractivity contribution in [2.75, 3.05) is 11.9 Å². The van der Waals surface area contributed by atoms with Gasteiger partial charge in [0.15, 0.2) is 0 Å². The average Bonchev–Trinajstić information content (AvgIpc) is 2.60. The SMILES string of the molecule is CC1(C)CCCC1(CN)Nc1ccc(Cl)c(Br)c1. The van der Waals surface area contributed by atoms with Gasteiger partial charge in [-0.05, 0) is 52.4 Å². The van der Waals surface area contributed by atoms with Crippen molar-refractivity contribution < 1.29 is 0 Å². The van der Waals surface area contributed by atoms with E-state index < -0.39 is 0 Å². The van der Waals surface area contributed by atoms with Crippen LogP contribution in [-0.2, 0) is 0 Å². The maximum atomic E-state index is 6.06. The zero-order valence-corrected chi connectivity index (χ0v) is 13.2. The molecule has 0 spiro atoms. The molecule has 0 radical (unpaired) electrons. The van der Waals surface area contributed by atoms with Gasteiger partial charge in [-0.1, -0.05) is 31.9 Å². The number of anilines is 1. The molecule has 1 fully saturated rings. The molecule has 0 aliphatic heterocycles. The predicted molar refractivity (Wildman–Crippen MR) is 82.2 cm³/mol. The summed E-state index contributed by atoms with van der Waals surface area (Å²) in [5.41, 5.74) is 7.34. The number of hydrogen-bond acceptors (Lipinski definition) is 2. The Labute approximate surface area is 122 Å². The van der Waals surface area contributed by atoms with E-state index in [1.54, 1.807) is 0 Å². The largest absolute Gasteiger partial charge is 0.378 e. The van der Waals surface area contributed by atoms with Crippen LogP contribution in [0.3, 0.4) is 0 Å². The highest BCUT2D eigenvalue weighted by Crippen LogP contribution is 2.47. The molecule has 1 atom stereocenters. The van der Waals surface area contributed by atoms with E-state index in [9.17, 15) is 0 Å². The highest BCUT2D eigenvalue weighted by atomic mass is 79.9. The van der Waals surface area contributed by atoms with Gasteiger partial charge in [-0.2, -0.15) is 0 Å². The minimum atomic E-state index is -0.0136. The Morgan fingerprint density at radius 3 is 2.61 bits per heavy atom. The van der Waals surface area contributed by atoms with Gasteiger partial charge in [0.1, 0.15) is 0 Å². The molecular formula is C14H20BrClN2. The summed E-state index contributed by atoms with van der Waals surface area (Å²) in [6.07, 6.45) is 3.56. The second kappa shape index (κ2) is 5.03. The van der Waals surface area contributed by atoms with Crippen LogP contribution in [-0.4, -0.2) is 12.1 Å². The smallest absolute Gasteiger partial charge is 0.0549 e. The molecule has 0 amide bonds. The Bertz CT molecular complexity index is 447. The van der Waals surface area contributed by atoms with Crippen molar-refractivity contribution in [1.29, 1.82) is 0 Å². The lowest BCUT2D eigenvalue weighted by Gasteiger charge is -2.42. The molecule has 1 aliphatic rings. The van der Waals surface area contributed by atoms with Crippen LogP contribution < -0.4 is 11.1 Å². The Balaban J connectivity index is 2.28. The monoisotopic (exact) mass is 330 g/mol. The quantitative estimate of drug-likeness (QED) is 0.860. The number of nitrogens with two attached hydrogens (primary N) is 1. The van der Waals surface area contributed by atoms with Crippen LogP contribution in [0.2, 0.25) is 5.02 Å². The van der Waals surface area contributed by atoms with Crippen molar-refractivity contribution in [2.45, 2.75) is 38.6 Å². The lowest BCUT2D eigenvalue weighted by atomic mass is 9.74. The number of halogens is 2. The van der Waals surface area contributed by atoms with Gasteiger partial charge in [0.25, 0.3) is 0 Å². The van der Waals surface area contributed by atoms with Crippen molar-refractivity contribution in [2.24, 2.45) is 11.1 Å². The number of hydrogen-bond donors (Lipinski definition) is 2. The summed E-state index contributed by atoms with van der Waals surface area (Å²) < 4.78 is 0.914. The number of nitrogens with one attached hydrogen (secondary N) is 1. The summed E-state index contributed by atoms with van der Waals surface area (Å²) >= 11 is 9.48. The molecule has 2 rings (SSSR count). The van der Waals surface area contributed by atoms with Gasteiger partial charge < -0.3 is 11.1 Å². The van der Waals surface area contributed by atoms with Gasteiger partial charge in [0.2, 0.25) is 0 Å². The Hall–Kier alpha value is -0.250. The summed E-state index contributed by atoms with van der Waals surface area (Å²) in [5, 5.41) is 4.38. The van der Waals surface area contributed by atoms with Crippen LogP contribution in [0.4, 0.5) is 5.69 Å². The first-order valence-corrected chi connectivity index (χ1v) is 7.51. The Kier molecular flexibility index (Phi) is 3.96. The molecule has 18 heavy (non-hydrogen) atoms. The van der Waals surface area contributed by atoms with Crippen LogP contribution in [0, 0.1) is 5.41 Å². The topological polar surface area (TPSA) is 38.0 Å². The standard InChI is InChI=1S/C14H20BrClN2/c1-13(2)6-3-7-14(13,9-17)18-10-4-5-12(16)11(15)8-10/h4-5,8,18H,3,6-7,9,17H2,1-2H3. The molecule has 2 nitrogen and oxygen atoms in total. The lowest BCUT2D eigenvalue weighted by molar-refractivity contribution is 0.239. The van der Waals surface area contributed by atoms with Crippen molar-refractivity contribution >= 4 is 33.2 Å². The molecule has 100 valence electrons. The van der Waals surface area contributed by atoms with Crippen LogP contribution in [0.1, 0.15) is 33.1 Å². The summed E-state index contributed by atoms with van der Waals surface area (Å²) in [5.74, 6) is 0. The van der Waals surface area contributed by atoms with Crippen LogP contribution >= 0.6 is 27.5 Å². The molecule has 1 aromatic rings. The minimum Gasteiger partial charge on any atom is -0.378 e. The highest BCUT2D eigenvalue weighted by Gasteiger charge is 2.47. The van der Waals surface area contributed by atoms with E-state index in [1.807, 2.05) is 18.2 Å². The Morgan fingerprint density at radius 2 is 2.11 bits per heavy atom. The lowest BCUT2D eigenvalue weighted by Crippen LogP contribution is -2.53. The maximum absolute atomic E-state index is 6.06. The molecule has 0 aromatic heterocycles. The summed E-state index contributed by atoms with van der Waals surface area (Å²) in [6, 6.07) is 5.94. The van der Waals surface area contributed by atoms with Gasteiger partial charge in [-0.3, -0.25) is 0 Å². The highest BCUT2D eigenvalue weighted by molar-refractivity contribution is 9.10. The fraction of sp³-hybridized carbons (Fsp3) is 0.571. The average molecular weight is 332 g/mol. The molecule has 1 aliphatic carbocycles. The summed E-state index contributed by atoms with van der Waals surface area (Å²) in [4.78, 5) is 0. The molecule has 3 N–H and O–H groups in total. The van der Waals surface area contributed by atoms with Crippen molar-refractivity contribution in [1.82, 2.24) is 0 Å².